The number of fused-ring (bicyclic) bond motifs is 1. The summed E-state index contributed by atoms with van der Waals surface area (Å²) in [6.07, 6.45) is 3.79. The van der Waals surface area contributed by atoms with E-state index in [2.05, 4.69) is 20.8 Å². The molecule has 2 amide bonds. The lowest BCUT2D eigenvalue weighted by molar-refractivity contribution is -0.135. The first-order valence-corrected chi connectivity index (χ1v) is 9.96. The Hall–Kier alpha value is -1.68. The van der Waals surface area contributed by atoms with Crippen LogP contribution in [0.25, 0.3) is 0 Å². The number of nitrogens with zero attached hydrogens (tertiary/aromatic N) is 5. The fourth-order valence-corrected chi connectivity index (χ4v) is 4.74. The first-order chi connectivity index (χ1) is 12.5. The number of hydrogen-bond donors (Lipinski definition) is 1. The summed E-state index contributed by atoms with van der Waals surface area (Å²) in [4.78, 5) is 26.5. The molecule has 1 N–H and O–H groups in total. The second-order valence-corrected chi connectivity index (χ2v) is 7.83. The van der Waals surface area contributed by atoms with Gasteiger partial charge >= 0.3 is 0 Å². The van der Waals surface area contributed by atoms with Gasteiger partial charge in [-0.1, -0.05) is 18.7 Å². The molecule has 1 aromatic heterocycles. The third kappa shape index (κ3) is 3.71. The summed E-state index contributed by atoms with van der Waals surface area (Å²) in [6.45, 7) is 2.53. The van der Waals surface area contributed by atoms with Gasteiger partial charge in [-0.05, 0) is 36.1 Å². The molecule has 0 unspecified atom stereocenters. The standard InChI is InChI=1S/C16H26N6O3S/c1-4-13(23)17-11-5-6-16(25-3)7-8-22(12(16)9-11)14(24)10-26-15-18-19-20-21(15)2/h11-12H,4-10H2,1-3H3,(H,17,23)/t11-,12+,16-/m1/s1. The molecule has 0 radical (unpaired) electrons. The van der Waals surface area contributed by atoms with Crippen LogP contribution < -0.4 is 5.32 Å². The van der Waals surface area contributed by atoms with Crippen molar-refractivity contribution < 1.29 is 14.3 Å². The van der Waals surface area contributed by atoms with Crippen molar-refractivity contribution in [2.75, 3.05) is 19.4 Å². The molecule has 144 valence electrons. The summed E-state index contributed by atoms with van der Waals surface area (Å²) in [5, 5.41) is 15.0. The SMILES string of the molecule is CCC(=O)N[C@@H]1CC[C@@]2(OC)CCN(C(=O)CSc3nnnn3C)[C@H]2C1. The Kier molecular flexibility index (Phi) is 5.81. The lowest BCUT2D eigenvalue weighted by Gasteiger charge is -2.43. The molecule has 3 atom stereocenters. The maximum absolute atomic E-state index is 12.8. The summed E-state index contributed by atoms with van der Waals surface area (Å²) in [5.41, 5.74) is -0.292. The van der Waals surface area contributed by atoms with Gasteiger partial charge in [-0.15, -0.1) is 5.10 Å². The second-order valence-electron chi connectivity index (χ2n) is 6.89. The number of ether oxygens (including phenoxy) is 1. The highest BCUT2D eigenvalue weighted by molar-refractivity contribution is 7.99. The Balaban J connectivity index is 1.66. The van der Waals surface area contributed by atoms with E-state index < -0.39 is 0 Å². The summed E-state index contributed by atoms with van der Waals surface area (Å²) < 4.78 is 7.44. The van der Waals surface area contributed by atoms with E-state index in [-0.39, 0.29) is 35.3 Å². The van der Waals surface area contributed by atoms with Gasteiger partial charge in [0.05, 0.1) is 17.4 Å². The van der Waals surface area contributed by atoms with Crippen molar-refractivity contribution in [2.45, 2.75) is 61.9 Å². The predicted octanol–water partition coefficient (Wildman–Crippen LogP) is 0.367. The van der Waals surface area contributed by atoms with E-state index in [4.69, 9.17) is 4.74 Å². The van der Waals surface area contributed by atoms with Crippen molar-refractivity contribution in [1.82, 2.24) is 30.4 Å². The van der Waals surface area contributed by atoms with Gasteiger partial charge in [-0.3, -0.25) is 9.59 Å². The summed E-state index contributed by atoms with van der Waals surface area (Å²) in [6, 6.07) is 0.0915. The zero-order valence-corrected chi connectivity index (χ0v) is 16.3. The number of carbonyl (C=O) groups is 2. The largest absolute Gasteiger partial charge is 0.376 e. The van der Waals surface area contributed by atoms with Crippen molar-refractivity contribution >= 4 is 23.6 Å². The van der Waals surface area contributed by atoms with Gasteiger partial charge in [0.25, 0.3) is 0 Å². The first kappa shape index (κ1) is 19.1. The number of likely N-dealkylation sites (tertiary alicyclic amines) is 1. The Bertz CT molecular complexity index is 668. The molecule has 3 rings (SSSR count). The molecule has 1 saturated carbocycles. The molecule has 10 heteroatoms. The lowest BCUT2D eigenvalue weighted by Crippen LogP contribution is -2.56. The van der Waals surface area contributed by atoms with Gasteiger partial charge < -0.3 is 15.0 Å². The number of carbonyl (C=O) groups excluding carboxylic acids is 2. The third-order valence-corrected chi connectivity index (χ3v) is 6.50. The number of nitrogens with one attached hydrogen (secondary N) is 1. The van der Waals surface area contributed by atoms with Crippen molar-refractivity contribution in [1.29, 1.82) is 0 Å². The van der Waals surface area contributed by atoms with Crippen LogP contribution in [-0.2, 0) is 21.4 Å². The van der Waals surface area contributed by atoms with E-state index in [1.165, 1.54) is 11.8 Å². The predicted molar refractivity (Wildman–Crippen MR) is 95.5 cm³/mol. The van der Waals surface area contributed by atoms with Gasteiger partial charge in [0.1, 0.15) is 0 Å². The van der Waals surface area contributed by atoms with Gasteiger partial charge in [0, 0.05) is 33.2 Å². The van der Waals surface area contributed by atoms with E-state index in [0.29, 0.717) is 18.1 Å². The first-order valence-electron chi connectivity index (χ1n) is 8.98. The molecule has 2 fully saturated rings. The highest BCUT2D eigenvalue weighted by atomic mass is 32.2. The maximum atomic E-state index is 12.8. The minimum atomic E-state index is -0.292. The fourth-order valence-electron chi connectivity index (χ4n) is 4.01. The molecule has 0 bridgehead atoms. The minimum absolute atomic E-state index is 0.00544. The molecule has 1 aliphatic heterocycles. The number of aryl methyl sites for hydroxylation is 1. The normalized spacial score (nSPS) is 28.0. The minimum Gasteiger partial charge on any atom is -0.376 e. The molecular formula is C16H26N6O3S. The summed E-state index contributed by atoms with van der Waals surface area (Å²) in [7, 11) is 3.48. The zero-order valence-electron chi connectivity index (χ0n) is 15.5. The van der Waals surface area contributed by atoms with Gasteiger partial charge in [-0.2, -0.15) is 0 Å². The van der Waals surface area contributed by atoms with E-state index in [1.54, 1.807) is 18.8 Å². The number of tetrazole rings is 1. The van der Waals surface area contributed by atoms with Crippen LogP contribution in [0.15, 0.2) is 5.16 Å². The van der Waals surface area contributed by atoms with Gasteiger partial charge in [-0.25, -0.2) is 4.68 Å². The van der Waals surface area contributed by atoms with E-state index in [9.17, 15) is 9.59 Å². The Morgan fingerprint density at radius 1 is 1.42 bits per heavy atom. The van der Waals surface area contributed by atoms with Crippen LogP contribution in [0.2, 0.25) is 0 Å². The van der Waals surface area contributed by atoms with Crippen LogP contribution in [0.3, 0.4) is 0 Å². The van der Waals surface area contributed by atoms with Crippen LogP contribution >= 0.6 is 11.8 Å². The number of methoxy groups -OCH3 is 1. The number of hydrogen-bond acceptors (Lipinski definition) is 7. The average molecular weight is 382 g/mol. The maximum Gasteiger partial charge on any atom is 0.233 e. The summed E-state index contributed by atoms with van der Waals surface area (Å²) in [5.74, 6) is 0.404. The number of rotatable bonds is 6. The molecule has 2 aliphatic rings. The average Bonchev–Trinajstić information content (AvgIpc) is 3.23. The summed E-state index contributed by atoms with van der Waals surface area (Å²) >= 11 is 1.33. The molecule has 1 aromatic rings. The lowest BCUT2D eigenvalue weighted by atomic mass is 9.78. The second kappa shape index (κ2) is 7.91. The van der Waals surface area contributed by atoms with E-state index >= 15 is 0 Å². The highest BCUT2D eigenvalue weighted by Gasteiger charge is 2.52. The Labute approximate surface area is 157 Å². The zero-order chi connectivity index (χ0) is 18.7. The van der Waals surface area contributed by atoms with Crippen molar-refractivity contribution in [2.24, 2.45) is 7.05 Å². The van der Waals surface area contributed by atoms with Gasteiger partial charge in [0.2, 0.25) is 17.0 Å². The van der Waals surface area contributed by atoms with Crippen molar-refractivity contribution in [3.63, 3.8) is 0 Å². The van der Waals surface area contributed by atoms with Crippen molar-refractivity contribution in [3.8, 4) is 0 Å². The molecular weight excluding hydrogens is 356 g/mol. The molecule has 1 aliphatic carbocycles. The van der Waals surface area contributed by atoms with Crippen LogP contribution in [0.1, 0.15) is 39.0 Å². The molecule has 0 spiro atoms. The molecule has 2 heterocycles. The van der Waals surface area contributed by atoms with E-state index in [1.807, 2.05) is 11.8 Å². The highest BCUT2D eigenvalue weighted by Crippen LogP contribution is 2.42. The van der Waals surface area contributed by atoms with Crippen LogP contribution in [0.4, 0.5) is 0 Å². The fraction of sp³-hybridized carbons (Fsp3) is 0.812. The molecule has 1 saturated heterocycles. The number of amides is 2. The molecule has 26 heavy (non-hydrogen) atoms. The molecule has 0 aromatic carbocycles. The van der Waals surface area contributed by atoms with Gasteiger partial charge in [0.15, 0.2) is 0 Å². The number of thioether (sulfide) groups is 1. The quantitative estimate of drug-likeness (QED) is 0.709. The topological polar surface area (TPSA) is 102 Å². The van der Waals surface area contributed by atoms with E-state index in [0.717, 1.165) is 25.7 Å². The Morgan fingerprint density at radius 3 is 2.88 bits per heavy atom. The van der Waals surface area contributed by atoms with Crippen LogP contribution in [-0.4, -0.2) is 74.0 Å². The van der Waals surface area contributed by atoms with Crippen LogP contribution in [0, 0.1) is 0 Å². The molecule has 9 nitrogen and oxygen atoms in total. The monoisotopic (exact) mass is 382 g/mol. The van der Waals surface area contributed by atoms with Crippen molar-refractivity contribution in [3.05, 3.63) is 0 Å². The van der Waals surface area contributed by atoms with Crippen LogP contribution in [0.5, 0.6) is 0 Å². The number of aromatic nitrogens is 4. The Morgan fingerprint density at radius 2 is 2.23 bits per heavy atom. The smallest absolute Gasteiger partial charge is 0.233 e. The third-order valence-electron chi connectivity index (χ3n) is 5.50.